The van der Waals surface area contributed by atoms with Crippen molar-refractivity contribution in [2.45, 2.75) is 0 Å². The fourth-order valence-electron chi connectivity index (χ4n) is 1.07. The molecule has 0 atom stereocenters. The van der Waals surface area contributed by atoms with Gasteiger partial charge in [0, 0.05) is 0 Å². The summed E-state index contributed by atoms with van der Waals surface area (Å²) >= 11 is 0. The lowest BCUT2D eigenvalue weighted by molar-refractivity contribution is 0.315. The SMILES string of the molecule is COc1ncc(C#N)c(OC)c1OC. The summed E-state index contributed by atoms with van der Waals surface area (Å²) in [4.78, 5) is 3.90. The highest BCUT2D eigenvalue weighted by molar-refractivity contribution is 5.55. The molecule has 0 saturated heterocycles. The maximum absolute atomic E-state index is 8.77. The Kier molecular flexibility index (Phi) is 3.13. The smallest absolute Gasteiger partial charge is 0.260 e. The zero-order valence-electron chi connectivity index (χ0n) is 8.20. The lowest BCUT2D eigenvalue weighted by Crippen LogP contribution is -1.99. The molecule has 0 aromatic carbocycles. The monoisotopic (exact) mass is 194 g/mol. The minimum atomic E-state index is 0.295. The predicted octanol–water partition coefficient (Wildman–Crippen LogP) is 0.979. The third-order valence-electron chi connectivity index (χ3n) is 1.68. The first-order valence-corrected chi connectivity index (χ1v) is 3.83. The van der Waals surface area contributed by atoms with Crippen LogP contribution in [0.25, 0.3) is 0 Å². The molecule has 0 amide bonds. The lowest BCUT2D eigenvalue weighted by Gasteiger charge is -2.11. The third kappa shape index (κ3) is 1.55. The van der Waals surface area contributed by atoms with E-state index in [-0.39, 0.29) is 0 Å². The molecule has 0 aliphatic heterocycles. The second-order valence-electron chi connectivity index (χ2n) is 2.36. The van der Waals surface area contributed by atoms with Gasteiger partial charge in [-0.15, -0.1) is 0 Å². The van der Waals surface area contributed by atoms with E-state index < -0.39 is 0 Å². The van der Waals surface area contributed by atoms with Crippen molar-refractivity contribution >= 4 is 0 Å². The van der Waals surface area contributed by atoms with E-state index in [9.17, 15) is 0 Å². The van der Waals surface area contributed by atoms with Crippen LogP contribution in [-0.2, 0) is 0 Å². The fourth-order valence-corrected chi connectivity index (χ4v) is 1.07. The van der Waals surface area contributed by atoms with Gasteiger partial charge in [-0.25, -0.2) is 4.98 Å². The molecule has 1 aromatic rings. The molecule has 1 heterocycles. The first-order chi connectivity index (χ1) is 6.78. The minimum Gasteiger partial charge on any atom is -0.491 e. The van der Waals surface area contributed by atoms with Crippen molar-refractivity contribution in [2.24, 2.45) is 0 Å². The van der Waals surface area contributed by atoms with Gasteiger partial charge in [-0.05, 0) is 0 Å². The number of nitriles is 1. The normalized spacial score (nSPS) is 9.00. The van der Waals surface area contributed by atoms with Crippen molar-refractivity contribution < 1.29 is 14.2 Å². The number of nitrogens with zero attached hydrogens (tertiary/aromatic N) is 2. The molecule has 0 fully saturated rings. The molecule has 1 rings (SSSR count). The summed E-state index contributed by atoms with van der Waals surface area (Å²) in [6, 6.07) is 1.95. The summed E-state index contributed by atoms with van der Waals surface area (Å²) in [5.41, 5.74) is 0.310. The molecule has 0 spiro atoms. The van der Waals surface area contributed by atoms with Crippen molar-refractivity contribution in [1.29, 1.82) is 5.26 Å². The second-order valence-corrected chi connectivity index (χ2v) is 2.36. The molecule has 0 radical (unpaired) electrons. The second kappa shape index (κ2) is 4.33. The van der Waals surface area contributed by atoms with Crippen LogP contribution in [0.15, 0.2) is 6.20 Å². The van der Waals surface area contributed by atoms with Gasteiger partial charge in [0.1, 0.15) is 11.6 Å². The molecular weight excluding hydrogens is 184 g/mol. The Hall–Kier alpha value is -1.96. The Morgan fingerprint density at radius 1 is 1.14 bits per heavy atom. The lowest BCUT2D eigenvalue weighted by atomic mass is 10.2. The van der Waals surface area contributed by atoms with Crippen molar-refractivity contribution in [3.05, 3.63) is 11.8 Å². The predicted molar refractivity (Wildman–Crippen MR) is 48.6 cm³/mol. The van der Waals surface area contributed by atoms with E-state index in [1.54, 1.807) is 0 Å². The van der Waals surface area contributed by atoms with Gasteiger partial charge >= 0.3 is 0 Å². The molecule has 0 saturated carbocycles. The molecule has 0 unspecified atom stereocenters. The molecule has 74 valence electrons. The van der Waals surface area contributed by atoms with Crippen LogP contribution in [-0.4, -0.2) is 26.3 Å². The summed E-state index contributed by atoms with van der Waals surface area (Å²) in [6.07, 6.45) is 1.38. The molecule has 1 aromatic heterocycles. The number of aromatic nitrogens is 1. The van der Waals surface area contributed by atoms with Crippen LogP contribution < -0.4 is 14.2 Å². The van der Waals surface area contributed by atoms with Crippen LogP contribution in [0.2, 0.25) is 0 Å². The van der Waals surface area contributed by atoms with Crippen molar-refractivity contribution in [3.8, 4) is 23.4 Å². The average molecular weight is 194 g/mol. The Morgan fingerprint density at radius 2 is 1.79 bits per heavy atom. The highest BCUT2D eigenvalue weighted by Crippen LogP contribution is 2.37. The highest BCUT2D eigenvalue weighted by atomic mass is 16.5. The van der Waals surface area contributed by atoms with E-state index in [2.05, 4.69) is 4.98 Å². The van der Waals surface area contributed by atoms with Crippen LogP contribution in [0.3, 0.4) is 0 Å². The van der Waals surface area contributed by atoms with E-state index in [0.717, 1.165) is 0 Å². The maximum Gasteiger partial charge on any atom is 0.260 e. The molecule has 0 bridgehead atoms. The highest BCUT2D eigenvalue weighted by Gasteiger charge is 2.16. The van der Waals surface area contributed by atoms with Gasteiger partial charge in [-0.2, -0.15) is 5.26 Å². The van der Waals surface area contributed by atoms with Crippen molar-refractivity contribution in [1.82, 2.24) is 4.98 Å². The Morgan fingerprint density at radius 3 is 2.21 bits per heavy atom. The molecule has 0 aliphatic carbocycles. The van der Waals surface area contributed by atoms with Crippen LogP contribution in [0.4, 0.5) is 0 Å². The quantitative estimate of drug-likeness (QED) is 0.717. The first-order valence-electron chi connectivity index (χ1n) is 3.83. The van der Waals surface area contributed by atoms with Gasteiger partial charge in [-0.1, -0.05) is 0 Å². The molecule has 0 N–H and O–H groups in total. The van der Waals surface area contributed by atoms with Crippen molar-refractivity contribution in [3.63, 3.8) is 0 Å². The number of pyridine rings is 1. The third-order valence-corrected chi connectivity index (χ3v) is 1.68. The van der Waals surface area contributed by atoms with Gasteiger partial charge in [0.25, 0.3) is 5.88 Å². The molecule has 5 nitrogen and oxygen atoms in total. The Bertz CT molecular complexity index is 371. The zero-order chi connectivity index (χ0) is 10.6. The standard InChI is InChI=1S/C9H10N2O3/c1-12-7-6(4-10)5-11-9(14-3)8(7)13-2/h5H,1-3H3. The fraction of sp³-hybridized carbons (Fsp3) is 0.333. The summed E-state index contributed by atoms with van der Waals surface area (Å²) < 4.78 is 15.0. The van der Waals surface area contributed by atoms with Crippen LogP contribution >= 0.6 is 0 Å². The van der Waals surface area contributed by atoms with E-state index in [0.29, 0.717) is 22.9 Å². The Balaban J connectivity index is 3.38. The van der Waals surface area contributed by atoms with Gasteiger partial charge < -0.3 is 14.2 Å². The van der Waals surface area contributed by atoms with Crippen LogP contribution in [0.5, 0.6) is 17.4 Å². The summed E-state index contributed by atoms with van der Waals surface area (Å²) in [7, 11) is 4.39. The molecule has 14 heavy (non-hydrogen) atoms. The molecule has 5 heteroatoms. The van der Waals surface area contributed by atoms with Gasteiger partial charge in [0.05, 0.1) is 27.5 Å². The van der Waals surface area contributed by atoms with Crippen molar-refractivity contribution in [2.75, 3.05) is 21.3 Å². The van der Waals surface area contributed by atoms with Gasteiger partial charge in [-0.3, -0.25) is 0 Å². The average Bonchev–Trinajstić information content (AvgIpc) is 2.26. The first kappa shape index (κ1) is 10.1. The number of ether oxygens (including phenoxy) is 3. The van der Waals surface area contributed by atoms with Gasteiger partial charge in [0.2, 0.25) is 5.75 Å². The van der Waals surface area contributed by atoms with Gasteiger partial charge in [0.15, 0.2) is 5.75 Å². The zero-order valence-corrected chi connectivity index (χ0v) is 8.20. The topological polar surface area (TPSA) is 64.4 Å². The van der Waals surface area contributed by atoms with Crippen LogP contribution in [0.1, 0.15) is 5.56 Å². The molecular formula is C9H10N2O3. The summed E-state index contributed by atoms with van der Waals surface area (Å²) in [6.45, 7) is 0. The maximum atomic E-state index is 8.77. The molecule has 0 aliphatic rings. The van der Waals surface area contributed by atoms with E-state index in [1.165, 1.54) is 27.5 Å². The van der Waals surface area contributed by atoms with E-state index >= 15 is 0 Å². The minimum absolute atomic E-state index is 0.295. The number of hydrogen-bond acceptors (Lipinski definition) is 5. The largest absolute Gasteiger partial charge is 0.491 e. The van der Waals surface area contributed by atoms with Crippen LogP contribution in [0, 0.1) is 11.3 Å². The number of methoxy groups -OCH3 is 3. The summed E-state index contributed by atoms with van der Waals surface area (Å²) in [5.74, 6) is 0.958. The summed E-state index contributed by atoms with van der Waals surface area (Å²) in [5, 5.41) is 8.77. The van der Waals surface area contributed by atoms with E-state index in [4.69, 9.17) is 19.5 Å². The number of rotatable bonds is 3. The van der Waals surface area contributed by atoms with E-state index in [1.807, 2.05) is 6.07 Å². The Labute approximate surface area is 81.8 Å². The number of hydrogen-bond donors (Lipinski definition) is 0.